The maximum atomic E-state index is 11.4. The molecule has 2 unspecified atom stereocenters. The maximum Gasteiger partial charge on any atom is 0.323 e. The average Bonchev–Trinajstić information content (AvgIpc) is 2.81. The third kappa shape index (κ3) is 2.26. The summed E-state index contributed by atoms with van der Waals surface area (Å²) >= 11 is 0. The summed E-state index contributed by atoms with van der Waals surface area (Å²) in [6.45, 7) is 3.72. The summed E-state index contributed by atoms with van der Waals surface area (Å²) in [5.74, 6) is -0.777. The Hall–Kier alpha value is -1.39. The zero-order chi connectivity index (χ0) is 13.4. The van der Waals surface area contributed by atoms with Crippen molar-refractivity contribution in [1.29, 1.82) is 0 Å². The number of fused-ring (bicyclic) bond motifs is 1. The van der Waals surface area contributed by atoms with E-state index in [0.29, 0.717) is 19.8 Å². The van der Waals surface area contributed by atoms with Gasteiger partial charge in [0, 0.05) is 12.6 Å². The second-order valence-corrected chi connectivity index (χ2v) is 5.42. The van der Waals surface area contributed by atoms with Crippen LogP contribution in [0.3, 0.4) is 0 Å². The Kier molecular flexibility index (Phi) is 3.29. The Balaban J connectivity index is 1.91. The molecule has 0 amide bonds. The van der Waals surface area contributed by atoms with Crippen LogP contribution < -0.4 is 0 Å². The highest BCUT2D eigenvalue weighted by molar-refractivity contribution is 5.74. The van der Waals surface area contributed by atoms with E-state index in [1.165, 1.54) is 16.7 Å². The summed E-state index contributed by atoms with van der Waals surface area (Å²) in [5, 5.41) is 9.35. The van der Waals surface area contributed by atoms with E-state index in [4.69, 9.17) is 4.74 Å². The largest absolute Gasteiger partial charge is 0.480 e. The fourth-order valence-electron chi connectivity index (χ4n) is 3.25. The van der Waals surface area contributed by atoms with Gasteiger partial charge in [-0.15, -0.1) is 0 Å². The minimum Gasteiger partial charge on any atom is -0.480 e. The van der Waals surface area contributed by atoms with E-state index in [1.807, 2.05) is 0 Å². The van der Waals surface area contributed by atoms with Crippen molar-refractivity contribution >= 4 is 5.97 Å². The van der Waals surface area contributed by atoms with Gasteiger partial charge in [-0.2, -0.15) is 0 Å². The van der Waals surface area contributed by atoms with Gasteiger partial charge in [-0.25, -0.2) is 0 Å². The van der Waals surface area contributed by atoms with Crippen LogP contribution in [0.4, 0.5) is 0 Å². The smallest absolute Gasteiger partial charge is 0.323 e. The number of aliphatic carboxylic acids is 1. The molecule has 1 N–H and O–H groups in total. The number of carboxylic acid groups (broad SMARTS) is 1. The molecule has 1 aromatic rings. The number of carboxylic acids is 1. The molecule has 1 heterocycles. The summed E-state index contributed by atoms with van der Waals surface area (Å²) in [7, 11) is 0. The van der Waals surface area contributed by atoms with Crippen LogP contribution in [0.25, 0.3) is 0 Å². The van der Waals surface area contributed by atoms with E-state index >= 15 is 0 Å². The fraction of sp³-hybridized carbons (Fsp3) is 0.533. The summed E-state index contributed by atoms with van der Waals surface area (Å²) in [6, 6.07) is 6.25. The van der Waals surface area contributed by atoms with Crippen LogP contribution in [0.2, 0.25) is 0 Å². The van der Waals surface area contributed by atoms with Crippen molar-refractivity contribution in [3.05, 3.63) is 34.9 Å². The van der Waals surface area contributed by atoms with Gasteiger partial charge in [-0.05, 0) is 30.9 Å². The van der Waals surface area contributed by atoms with Gasteiger partial charge in [0.15, 0.2) is 0 Å². The molecule has 0 spiro atoms. The SMILES string of the molecule is Cc1ccc2c(c1)C(N1CCOCC1C(=O)O)CC2. The number of rotatable bonds is 2. The van der Waals surface area contributed by atoms with Crippen LogP contribution in [0.15, 0.2) is 18.2 Å². The molecular weight excluding hydrogens is 242 g/mol. The molecule has 1 aliphatic carbocycles. The third-order valence-electron chi connectivity index (χ3n) is 4.20. The zero-order valence-electron chi connectivity index (χ0n) is 11.1. The molecule has 1 aliphatic heterocycles. The fourth-order valence-corrected chi connectivity index (χ4v) is 3.25. The lowest BCUT2D eigenvalue weighted by Gasteiger charge is -2.37. The number of aryl methyl sites for hydroxylation is 2. The van der Waals surface area contributed by atoms with Crippen LogP contribution in [-0.2, 0) is 16.0 Å². The van der Waals surface area contributed by atoms with Gasteiger partial charge >= 0.3 is 5.97 Å². The second kappa shape index (κ2) is 4.94. The molecule has 3 rings (SSSR count). The minimum atomic E-state index is -0.777. The molecule has 2 aliphatic rings. The topological polar surface area (TPSA) is 49.8 Å². The molecule has 19 heavy (non-hydrogen) atoms. The Morgan fingerprint density at radius 1 is 1.47 bits per heavy atom. The van der Waals surface area contributed by atoms with Gasteiger partial charge in [0.25, 0.3) is 0 Å². The van der Waals surface area contributed by atoms with Crippen molar-refractivity contribution in [2.45, 2.75) is 31.8 Å². The van der Waals surface area contributed by atoms with Crippen molar-refractivity contribution in [2.75, 3.05) is 19.8 Å². The highest BCUT2D eigenvalue weighted by Crippen LogP contribution is 2.37. The number of carbonyl (C=O) groups is 1. The molecular formula is C15H19NO3. The van der Waals surface area contributed by atoms with Crippen molar-refractivity contribution in [3.8, 4) is 0 Å². The number of morpholine rings is 1. The summed E-state index contributed by atoms with van der Waals surface area (Å²) in [5.41, 5.74) is 3.92. The average molecular weight is 261 g/mol. The number of benzene rings is 1. The second-order valence-electron chi connectivity index (χ2n) is 5.42. The lowest BCUT2D eigenvalue weighted by molar-refractivity contribution is -0.151. The number of ether oxygens (including phenoxy) is 1. The third-order valence-corrected chi connectivity index (χ3v) is 4.20. The molecule has 1 aromatic carbocycles. The lowest BCUT2D eigenvalue weighted by atomic mass is 10.0. The van der Waals surface area contributed by atoms with Crippen molar-refractivity contribution in [3.63, 3.8) is 0 Å². The first kappa shape index (κ1) is 12.6. The normalized spacial score (nSPS) is 27.2. The quantitative estimate of drug-likeness (QED) is 0.881. The van der Waals surface area contributed by atoms with E-state index < -0.39 is 12.0 Å². The van der Waals surface area contributed by atoms with Gasteiger partial charge in [0.05, 0.1) is 13.2 Å². The van der Waals surface area contributed by atoms with E-state index in [9.17, 15) is 9.90 Å². The zero-order valence-corrected chi connectivity index (χ0v) is 11.1. The highest BCUT2D eigenvalue weighted by atomic mass is 16.5. The van der Waals surface area contributed by atoms with Crippen LogP contribution in [0.1, 0.15) is 29.2 Å². The number of hydrogen-bond acceptors (Lipinski definition) is 3. The van der Waals surface area contributed by atoms with Gasteiger partial charge < -0.3 is 9.84 Å². The van der Waals surface area contributed by atoms with Gasteiger partial charge in [0.1, 0.15) is 6.04 Å². The summed E-state index contributed by atoms with van der Waals surface area (Å²) < 4.78 is 5.32. The van der Waals surface area contributed by atoms with Crippen molar-refractivity contribution in [2.24, 2.45) is 0 Å². The predicted molar refractivity (Wildman–Crippen MR) is 71.2 cm³/mol. The van der Waals surface area contributed by atoms with Gasteiger partial charge in [-0.3, -0.25) is 9.69 Å². The molecule has 4 heteroatoms. The molecule has 102 valence electrons. The van der Waals surface area contributed by atoms with Gasteiger partial charge in [-0.1, -0.05) is 23.8 Å². The first-order valence-electron chi connectivity index (χ1n) is 6.82. The summed E-state index contributed by atoms with van der Waals surface area (Å²) in [6.07, 6.45) is 2.06. The standard InChI is InChI=1S/C15H19NO3/c1-10-2-3-11-4-5-13(12(11)8-10)16-6-7-19-9-14(16)15(17)18/h2-3,8,13-14H,4-7,9H2,1H3,(H,17,18). The Morgan fingerprint density at radius 2 is 2.32 bits per heavy atom. The molecule has 0 radical (unpaired) electrons. The molecule has 0 saturated carbocycles. The molecule has 0 aromatic heterocycles. The van der Waals surface area contributed by atoms with E-state index in [1.54, 1.807) is 0 Å². The van der Waals surface area contributed by atoms with E-state index in [-0.39, 0.29) is 6.04 Å². The van der Waals surface area contributed by atoms with Crippen LogP contribution in [-0.4, -0.2) is 41.8 Å². The van der Waals surface area contributed by atoms with Crippen molar-refractivity contribution in [1.82, 2.24) is 4.90 Å². The predicted octanol–water partition coefficient (Wildman–Crippen LogP) is 1.77. The highest BCUT2D eigenvalue weighted by Gasteiger charge is 2.37. The molecule has 2 atom stereocenters. The number of hydrogen-bond donors (Lipinski definition) is 1. The maximum absolute atomic E-state index is 11.4. The molecule has 4 nitrogen and oxygen atoms in total. The minimum absolute atomic E-state index is 0.236. The summed E-state index contributed by atoms with van der Waals surface area (Å²) in [4.78, 5) is 13.5. The van der Waals surface area contributed by atoms with Crippen LogP contribution >= 0.6 is 0 Å². The molecule has 1 fully saturated rings. The molecule has 0 bridgehead atoms. The first-order chi connectivity index (χ1) is 9.16. The number of nitrogens with zero attached hydrogens (tertiary/aromatic N) is 1. The molecule has 1 saturated heterocycles. The van der Waals surface area contributed by atoms with E-state index in [0.717, 1.165) is 12.8 Å². The Labute approximate surface area is 113 Å². The van der Waals surface area contributed by atoms with Crippen LogP contribution in [0.5, 0.6) is 0 Å². The van der Waals surface area contributed by atoms with Gasteiger partial charge in [0.2, 0.25) is 0 Å². The lowest BCUT2D eigenvalue weighted by Crippen LogP contribution is -2.50. The monoisotopic (exact) mass is 261 g/mol. The Morgan fingerprint density at radius 3 is 3.11 bits per heavy atom. The Bertz CT molecular complexity index is 500. The van der Waals surface area contributed by atoms with Crippen LogP contribution in [0, 0.1) is 6.92 Å². The van der Waals surface area contributed by atoms with Crippen molar-refractivity contribution < 1.29 is 14.6 Å². The first-order valence-corrected chi connectivity index (χ1v) is 6.82. The van der Waals surface area contributed by atoms with E-state index in [2.05, 4.69) is 30.0 Å².